The summed E-state index contributed by atoms with van der Waals surface area (Å²) < 4.78 is 0.778. The molecule has 0 aliphatic carbocycles. The van der Waals surface area contributed by atoms with Crippen LogP contribution in [0.25, 0.3) is 0 Å². The first-order valence-electron chi connectivity index (χ1n) is 7.30. The van der Waals surface area contributed by atoms with E-state index in [0.29, 0.717) is 6.54 Å². The number of halogens is 1. The predicted molar refractivity (Wildman–Crippen MR) is 94.8 cm³/mol. The molecule has 0 saturated carbocycles. The van der Waals surface area contributed by atoms with Crippen LogP contribution in [-0.4, -0.2) is 24.4 Å². The highest BCUT2D eigenvalue weighted by molar-refractivity contribution is 7.16. The Balaban J connectivity index is 1.95. The maximum atomic E-state index is 12.3. The number of rotatable bonds is 6. The van der Waals surface area contributed by atoms with Crippen LogP contribution in [0.2, 0.25) is 4.34 Å². The minimum Gasteiger partial charge on any atom is -0.324 e. The standard InChI is InChI=1S/C17H21ClN2OS/c1-4-13-7-5-6-12(2)17(13)19-16(21)11-20(3)10-14-8-9-15(18)22-14/h5-9H,4,10-11H2,1-3H3,(H,19,21). The Kier molecular flexibility index (Phi) is 6.00. The third kappa shape index (κ3) is 4.57. The van der Waals surface area contributed by atoms with Crippen molar-refractivity contribution in [1.82, 2.24) is 4.90 Å². The van der Waals surface area contributed by atoms with Crippen LogP contribution in [0.4, 0.5) is 5.69 Å². The van der Waals surface area contributed by atoms with E-state index >= 15 is 0 Å². The molecule has 0 radical (unpaired) electrons. The zero-order chi connectivity index (χ0) is 16.1. The van der Waals surface area contributed by atoms with Crippen LogP contribution in [-0.2, 0) is 17.8 Å². The normalized spacial score (nSPS) is 11.0. The van der Waals surface area contributed by atoms with Gasteiger partial charge in [-0.05, 0) is 43.7 Å². The second-order valence-corrected chi connectivity index (χ2v) is 7.19. The summed E-state index contributed by atoms with van der Waals surface area (Å²) in [5.41, 5.74) is 3.21. The number of hydrogen-bond donors (Lipinski definition) is 1. The SMILES string of the molecule is CCc1cccc(C)c1NC(=O)CN(C)Cc1ccc(Cl)s1. The van der Waals surface area contributed by atoms with E-state index in [-0.39, 0.29) is 5.91 Å². The van der Waals surface area contributed by atoms with Gasteiger partial charge in [0, 0.05) is 17.1 Å². The van der Waals surface area contributed by atoms with Gasteiger partial charge in [0.25, 0.3) is 0 Å². The molecule has 1 aromatic carbocycles. The van der Waals surface area contributed by atoms with E-state index in [1.165, 1.54) is 5.56 Å². The van der Waals surface area contributed by atoms with Crippen LogP contribution in [0.5, 0.6) is 0 Å². The summed E-state index contributed by atoms with van der Waals surface area (Å²) >= 11 is 7.48. The highest BCUT2D eigenvalue weighted by Crippen LogP contribution is 2.23. The third-order valence-electron chi connectivity index (χ3n) is 3.47. The number of anilines is 1. The van der Waals surface area contributed by atoms with Crippen molar-refractivity contribution in [2.45, 2.75) is 26.8 Å². The van der Waals surface area contributed by atoms with Gasteiger partial charge in [-0.2, -0.15) is 0 Å². The number of likely N-dealkylation sites (N-methyl/N-ethyl adjacent to an activating group) is 1. The van der Waals surface area contributed by atoms with E-state index in [4.69, 9.17) is 11.6 Å². The summed E-state index contributed by atoms with van der Waals surface area (Å²) in [5.74, 6) is 0.00848. The number of para-hydroxylation sites is 1. The molecule has 0 atom stereocenters. The monoisotopic (exact) mass is 336 g/mol. The van der Waals surface area contributed by atoms with Crippen molar-refractivity contribution in [3.63, 3.8) is 0 Å². The molecular formula is C17H21ClN2OS. The minimum atomic E-state index is 0.00848. The molecule has 3 nitrogen and oxygen atoms in total. The molecule has 2 rings (SSSR count). The Labute approximate surface area is 140 Å². The van der Waals surface area contributed by atoms with E-state index in [2.05, 4.69) is 18.3 Å². The minimum absolute atomic E-state index is 0.00848. The van der Waals surface area contributed by atoms with Gasteiger partial charge in [0.15, 0.2) is 0 Å². The lowest BCUT2D eigenvalue weighted by molar-refractivity contribution is -0.117. The number of nitrogens with one attached hydrogen (secondary N) is 1. The Morgan fingerprint density at radius 2 is 2.09 bits per heavy atom. The predicted octanol–water partition coefficient (Wildman–Crippen LogP) is 4.34. The Hall–Kier alpha value is -1.36. The molecule has 5 heteroatoms. The van der Waals surface area contributed by atoms with Crippen molar-refractivity contribution in [2.75, 3.05) is 18.9 Å². The fourth-order valence-electron chi connectivity index (χ4n) is 2.38. The van der Waals surface area contributed by atoms with Gasteiger partial charge in [-0.3, -0.25) is 9.69 Å². The third-order valence-corrected chi connectivity index (χ3v) is 4.69. The average Bonchev–Trinajstić information content (AvgIpc) is 2.86. The molecule has 0 saturated heterocycles. The molecule has 1 N–H and O–H groups in total. The van der Waals surface area contributed by atoms with Gasteiger partial charge in [0.1, 0.15) is 0 Å². The van der Waals surface area contributed by atoms with Crippen molar-refractivity contribution in [3.05, 3.63) is 50.7 Å². The van der Waals surface area contributed by atoms with E-state index in [9.17, 15) is 4.79 Å². The summed E-state index contributed by atoms with van der Waals surface area (Å²) in [5, 5.41) is 3.05. The smallest absolute Gasteiger partial charge is 0.238 e. The van der Waals surface area contributed by atoms with Crippen LogP contribution in [0.1, 0.15) is 22.9 Å². The molecular weight excluding hydrogens is 316 g/mol. The zero-order valence-electron chi connectivity index (χ0n) is 13.1. The first-order chi connectivity index (χ1) is 10.5. The highest BCUT2D eigenvalue weighted by Gasteiger charge is 2.11. The summed E-state index contributed by atoms with van der Waals surface area (Å²) in [6.07, 6.45) is 0.904. The summed E-state index contributed by atoms with van der Waals surface area (Å²) in [7, 11) is 1.94. The molecule has 118 valence electrons. The van der Waals surface area contributed by atoms with Gasteiger partial charge >= 0.3 is 0 Å². The molecule has 0 bridgehead atoms. The number of hydrogen-bond acceptors (Lipinski definition) is 3. The van der Waals surface area contributed by atoms with Crippen LogP contribution >= 0.6 is 22.9 Å². The molecule has 0 aliphatic heterocycles. The topological polar surface area (TPSA) is 32.3 Å². The lowest BCUT2D eigenvalue weighted by Gasteiger charge is -2.17. The van der Waals surface area contributed by atoms with Gasteiger partial charge in [-0.1, -0.05) is 36.7 Å². The van der Waals surface area contributed by atoms with E-state index in [1.54, 1.807) is 11.3 Å². The number of nitrogens with zero attached hydrogens (tertiary/aromatic N) is 1. The molecule has 2 aromatic rings. The van der Waals surface area contributed by atoms with Crippen LogP contribution < -0.4 is 5.32 Å². The summed E-state index contributed by atoms with van der Waals surface area (Å²) in [6.45, 7) is 5.19. The lowest BCUT2D eigenvalue weighted by atomic mass is 10.1. The maximum absolute atomic E-state index is 12.3. The second kappa shape index (κ2) is 7.77. The average molecular weight is 337 g/mol. The van der Waals surface area contributed by atoms with Crippen LogP contribution in [0.15, 0.2) is 30.3 Å². The molecule has 22 heavy (non-hydrogen) atoms. The molecule has 1 aromatic heterocycles. The zero-order valence-corrected chi connectivity index (χ0v) is 14.7. The fraction of sp³-hybridized carbons (Fsp3) is 0.353. The molecule has 1 amide bonds. The Morgan fingerprint density at radius 1 is 1.32 bits per heavy atom. The highest BCUT2D eigenvalue weighted by atomic mass is 35.5. The second-order valence-electron chi connectivity index (χ2n) is 5.39. The van der Waals surface area contributed by atoms with Gasteiger partial charge in [0.05, 0.1) is 10.9 Å². The van der Waals surface area contributed by atoms with E-state index < -0.39 is 0 Å². The van der Waals surface area contributed by atoms with Gasteiger partial charge in [-0.25, -0.2) is 0 Å². The quantitative estimate of drug-likeness (QED) is 0.850. The molecule has 0 unspecified atom stereocenters. The number of benzene rings is 1. The number of aryl methyl sites for hydroxylation is 2. The number of carbonyl (C=O) groups is 1. The first-order valence-corrected chi connectivity index (χ1v) is 8.50. The van der Waals surface area contributed by atoms with E-state index in [0.717, 1.165) is 33.4 Å². The van der Waals surface area contributed by atoms with Gasteiger partial charge < -0.3 is 5.32 Å². The van der Waals surface area contributed by atoms with Crippen LogP contribution in [0.3, 0.4) is 0 Å². The molecule has 0 aliphatic rings. The first kappa shape index (κ1) is 17.0. The summed E-state index contributed by atoms with van der Waals surface area (Å²) in [4.78, 5) is 15.4. The van der Waals surface area contributed by atoms with Gasteiger partial charge in [0.2, 0.25) is 5.91 Å². The van der Waals surface area contributed by atoms with Crippen LogP contribution in [0, 0.1) is 6.92 Å². The maximum Gasteiger partial charge on any atom is 0.238 e. The van der Waals surface area contributed by atoms with Crippen molar-refractivity contribution < 1.29 is 4.79 Å². The summed E-state index contributed by atoms with van der Waals surface area (Å²) in [6, 6.07) is 9.98. The van der Waals surface area contributed by atoms with E-state index in [1.807, 2.05) is 43.1 Å². The van der Waals surface area contributed by atoms with Crippen molar-refractivity contribution in [1.29, 1.82) is 0 Å². The largest absolute Gasteiger partial charge is 0.324 e. The number of thiophene rings is 1. The number of carbonyl (C=O) groups excluding carboxylic acids is 1. The van der Waals surface area contributed by atoms with Crippen molar-refractivity contribution in [3.8, 4) is 0 Å². The lowest BCUT2D eigenvalue weighted by Crippen LogP contribution is -2.30. The van der Waals surface area contributed by atoms with Gasteiger partial charge in [-0.15, -0.1) is 11.3 Å². The van der Waals surface area contributed by atoms with Crippen molar-refractivity contribution in [2.24, 2.45) is 0 Å². The Bertz CT molecular complexity index is 654. The van der Waals surface area contributed by atoms with Crippen molar-refractivity contribution >= 4 is 34.5 Å². The molecule has 0 fully saturated rings. The Morgan fingerprint density at radius 3 is 2.73 bits per heavy atom. The molecule has 0 spiro atoms. The fourth-order valence-corrected chi connectivity index (χ4v) is 3.55. The number of amides is 1. The molecule has 1 heterocycles.